The van der Waals surface area contributed by atoms with E-state index in [1.54, 1.807) is 24.4 Å². The SMILES string of the molecule is O=C(CSc1cccc2cccnc12)N/N=C\c1ccccc1[N+](=O)[O-]. The number of aromatic nitrogens is 1. The van der Waals surface area contributed by atoms with Gasteiger partial charge in [0.15, 0.2) is 0 Å². The summed E-state index contributed by atoms with van der Waals surface area (Å²) in [5.41, 5.74) is 3.48. The highest BCUT2D eigenvalue weighted by atomic mass is 32.2. The van der Waals surface area contributed by atoms with Gasteiger partial charge in [-0.2, -0.15) is 5.10 Å². The zero-order valence-electron chi connectivity index (χ0n) is 13.5. The number of nitrogens with zero attached hydrogens (tertiary/aromatic N) is 3. The van der Waals surface area contributed by atoms with Gasteiger partial charge in [0.05, 0.1) is 28.0 Å². The molecule has 8 heteroatoms. The van der Waals surface area contributed by atoms with Crippen LogP contribution in [0.25, 0.3) is 10.9 Å². The van der Waals surface area contributed by atoms with E-state index in [1.807, 2.05) is 30.3 Å². The van der Waals surface area contributed by atoms with Crippen LogP contribution in [0.1, 0.15) is 5.56 Å². The summed E-state index contributed by atoms with van der Waals surface area (Å²) in [5.74, 6) is -0.151. The van der Waals surface area contributed by atoms with Crippen molar-refractivity contribution in [3.8, 4) is 0 Å². The summed E-state index contributed by atoms with van der Waals surface area (Å²) >= 11 is 1.36. The summed E-state index contributed by atoms with van der Waals surface area (Å²) in [7, 11) is 0. The van der Waals surface area contributed by atoms with Gasteiger partial charge in [0.2, 0.25) is 5.91 Å². The number of para-hydroxylation sites is 2. The largest absolute Gasteiger partial charge is 0.278 e. The first-order valence-corrected chi connectivity index (χ1v) is 8.65. The fourth-order valence-corrected chi connectivity index (χ4v) is 3.14. The number of benzene rings is 2. The summed E-state index contributed by atoms with van der Waals surface area (Å²) in [5, 5.41) is 15.7. The van der Waals surface area contributed by atoms with Gasteiger partial charge in [-0.05, 0) is 18.2 Å². The molecule has 7 nitrogen and oxygen atoms in total. The second-order valence-electron chi connectivity index (χ2n) is 5.23. The molecule has 0 atom stereocenters. The second-order valence-corrected chi connectivity index (χ2v) is 6.25. The number of nitro benzene ring substituents is 1. The van der Waals surface area contributed by atoms with Gasteiger partial charge < -0.3 is 0 Å². The molecule has 0 aliphatic heterocycles. The fourth-order valence-electron chi connectivity index (χ4n) is 2.31. The number of hydrogen-bond donors (Lipinski definition) is 1. The van der Waals surface area contributed by atoms with Crippen LogP contribution in [-0.4, -0.2) is 27.8 Å². The van der Waals surface area contributed by atoms with E-state index in [-0.39, 0.29) is 17.3 Å². The van der Waals surface area contributed by atoms with Crippen LogP contribution in [0.15, 0.2) is 70.8 Å². The zero-order valence-corrected chi connectivity index (χ0v) is 14.3. The number of hydrogen-bond acceptors (Lipinski definition) is 6. The molecule has 2 aromatic carbocycles. The Bertz CT molecular complexity index is 986. The lowest BCUT2D eigenvalue weighted by Gasteiger charge is -2.04. The number of pyridine rings is 1. The van der Waals surface area contributed by atoms with Gasteiger partial charge in [-0.3, -0.25) is 19.9 Å². The average molecular weight is 366 g/mol. The smallest absolute Gasteiger partial charge is 0.272 e. The molecule has 0 bridgehead atoms. The maximum absolute atomic E-state index is 12.0. The number of carbonyl (C=O) groups is 1. The van der Waals surface area contributed by atoms with E-state index in [0.717, 1.165) is 15.8 Å². The van der Waals surface area contributed by atoms with E-state index in [1.165, 1.54) is 24.0 Å². The molecule has 1 aromatic heterocycles. The van der Waals surface area contributed by atoms with E-state index in [0.29, 0.717) is 5.56 Å². The third-order valence-corrected chi connectivity index (χ3v) is 4.53. The number of fused-ring (bicyclic) bond motifs is 1. The lowest BCUT2D eigenvalue weighted by atomic mass is 10.2. The molecule has 1 N–H and O–H groups in total. The van der Waals surface area contributed by atoms with Crippen LogP contribution in [0, 0.1) is 10.1 Å². The van der Waals surface area contributed by atoms with Crippen molar-refractivity contribution in [3.63, 3.8) is 0 Å². The molecule has 1 heterocycles. The fraction of sp³-hybridized carbons (Fsp3) is 0.0556. The van der Waals surface area contributed by atoms with Crippen molar-refractivity contribution >= 4 is 40.5 Å². The predicted octanol–water partition coefficient (Wildman–Crippen LogP) is 3.39. The van der Waals surface area contributed by atoms with E-state index >= 15 is 0 Å². The van der Waals surface area contributed by atoms with Crippen LogP contribution in [0.3, 0.4) is 0 Å². The quantitative estimate of drug-likeness (QED) is 0.312. The minimum Gasteiger partial charge on any atom is -0.272 e. The normalized spacial score (nSPS) is 10.9. The molecule has 0 unspecified atom stereocenters. The van der Waals surface area contributed by atoms with E-state index in [2.05, 4.69) is 15.5 Å². The Hall–Kier alpha value is -3.26. The van der Waals surface area contributed by atoms with Gasteiger partial charge in [0.1, 0.15) is 0 Å². The molecule has 130 valence electrons. The van der Waals surface area contributed by atoms with Crippen molar-refractivity contribution in [1.82, 2.24) is 10.4 Å². The molecule has 3 rings (SSSR count). The van der Waals surface area contributed by atoms with Crippen molar-refractivity contribution in [1.29, 1.82) is 0 Å². The standard InChI is InChI=1S/C18H14N4O3S/c23-17(21-20-11-14-5-1-2-8-15(14)22(24)25)12-26-16-9-3-6-13-7-4-10-19-18(13)16/h1-11H,12H2,(H,21,23)/b20-11-. The van der Waals surface area contributed by atoms with Gasteiger partial charge >= 0.3 is 0 Å². The van der Waals surface area contributed by atoms with Gasteiger partial charge in [-0.1, -0.05) is 30.3 Å². The topological polar surface area (TPSA) is 97.5 Å². The van der Waals surface area contributed by atoms with Gasteiger partial charge in [0.25, 0.3) is 5.69 Å². The summed E-state index contributed by atoms with van der Waals surface area (Å²) in [6, 6.07) is 15.8. The maximum atomic E-state index is 12.0. The molecule has 3 aromatic rings. The Labute approximate surface area is 153 Å². The van der Waals surface area contributed by atoms with Gasteiger partial charge in [0, 0.05) is 22.5 Å². The highest BCUT2D eigenvalue weighted by molar-refractivity contribution is 8.00. The third kappa shape index (κ3) is 4.22. The Balaban J connectivity index is 1.60. The summed E-state index contributed by atoms with van der Waals surface area (Å²) in [6.07, 6.45) is 2.98. The molecule has 0 radical (unpaired) electrons. The van der Waals surface area contributed by atoms with Crippen LogP contribution >= 0.6 is 11.8 Å². The number of carbonyl (C=O) groups excluding carboxylic acids is 1. The van der Waals surface area contributed by atoms with E-state index < -0.39 is 4.92 Å². The van der Waals surface area contributed by atoms with Crippen LogP contribution in [0.2, 0.25) is 0 Å². The molecular weight excluding hydrogens is 352 g/mol. The Kier molecular flexibility index (Phi) is 5.55. The first-order valence-electron chi connectivity index (χ1n) is 7.67. The second kappa shape index (κ2) is 8.21. The van der Waals surface area contributed by atoms with Crippen molar-refractivity contribution in [3.05, 3.63) is 76.5 Å². The van der Waals surface area contributed by atoms with Crippen molar-refractivity contribution in [2.45, 2.75) is 4.90 Å². The number of amides is 1. The van der Waals surface area contributed by atoms with E-state index in [9.17, 15) is 14.9 Å². The Morgan fingerprint density at radius 2 is 2.00 bits per heavy atom. The number of hydrazone groups is 1. The monoisotopic (exact) mass is 366 g/mol. The number of nitrogens with one attached hydrogen (secondary N) is 1. The molecule has 0 aliphatic rings. The summed E-state index contributed by atoms with van der Waals surface area (Å²) in [4.78, 5) is 27.6. The highest BCUT2D eigenvalue weighted by Gasteiger charge is 2.10. The number of rotatable bonds is 6. The Morgan fingerprint density at radius 1 is 1.19 bits per heavy atom. The van der Waals surface area contributed by atoms with Crippen molar-refractivity contribution in [2.24, 2.45) is 5.10 Å². The van der Waals surface area contributed by atoms with Crippen LogP contribution in [-0.2, 0) is 4.79 Å². The van der Waals surface area contributed by atoms with Gasteiger partial charge in [-0.15, -0.1) is 11.8 Å². The highest BCUT2D eigenvalue weighted by Crippen LogP contribution is 2.25. The minimum absolute atomic E-state index is 0.0679. The molecule has 1 amide bonds. The minimum atomic E-state index is -0.494. The van der Waals surface area contributed by atoms with Crippen molar-refractivity contribution in [2.75, 3.05) is 5.75 Å². The van der Waals surface area contributed by atoms with E-state index in [4.69, 9.17) is 0 Å². The molecule has 26 heavy (non-hydrogen) atoms. The first-order chi connectivity index (χ1) is 12.6. The number of nitro groups is 1. The average Bonchev–Trinajstić information content (AvgIpc) is 2.66. The van der Waals surface area contributed by atoms with Crippen LogP contribution in [0.5, 0.6) is 0 Å². The lowest BCUT2D eigenvalue weighted by Crippen LogP contribution is -2.19. The summed E-state index contributed by atoms with van der Waals surface area (Å²) < 4.78 is 0. The number of thioether (sulfide) groups is 1. The zero-order chi connectivity index (χ0) is 18.4. The van der Waals surface area contributed by atoms with Crippen LogP contribution in [0.4, 0.5) is 5.69 Å². The predicted molar refractivity (Wildman–Crippen MR) is 101 cm³/mol. The third-order valence-electron chi connectivity index (χ3n) is 3.48. The lowest BCUT2D eigenvalue weighted by molar-refractivity contribution is -0.385. The van der Waals surface area contributed by atoms with Crippen LogP contribution < -0.4 is 5.43 Å². The van der Waals surface area contributed by atoms with Crippen molar-refractivity contribution < 1.29 is 9.72 Å². The molecule has 0 saturated heterocycles. The molecule has 0 fully saturated rings. The molecule has 0 spiro atoms. The first kappa shape index (κ1) is 17.6. The molecular formula is C18H14N4O3S. The summed E-state index contributed by atoms with van der Waals surface area (Å²) in [6.45, 7) is 0. The molecule has 0 aliphatic carbocycles. The van der Waals surface area contributed by atoms with Gasteiger partial charge in [-0.25, -0.2) is 5.43 Å². The molecule has 0 saturated carbocycles. The maximum Gasteiger partial charge on any atom is 0.278 e. The Morgan fingerprint density at radius 3 is 2.85 bits per heavy atom.